The Bertz CT molecular complexity index is 454. The largest absolute Gasteiger partial charge is 0.274 e. The SMILES string of the molecule is CC(=O)N/N=C(\C)c1cccc([N+](=O)[O-])c1. The quantitative estimate of drug-likeness (QED) is 0.476. The zero-order chi connectivity index (χ0) is 12.1. The molecule has 1 amide bonds. The number of carbonyl (C=O) groups is 1. The van der Waals surface area contributed by atoms with E-state index in [9.17, 15) is 14.9 Å². The summed E-state index contributed by atoms with van der Waals surface area (Å²) in [5.41, 5.74) is 3.38. The highest BCUT2D eigenvalue weighted by Gasteiger charge is 2.07. The predicted octanol–water partition coefficient (Wildman–Crippen LogP) is 1.45. The highest BCUT2D eigenvalue weighted by molar-refractivity contribution is 5.99. The summed E-state index contributed by atoms with van der Waals surface area (Å²) in [6.45, 7) is 3.00. The van der Waals surface area contributed by atoms with Gasteiger partial charge in [-0.2, -0.15) is 5.10 Å². The Morgan fingerprint density at radius 3 is 2.69 bits per heavy atom. The number of benzene rings is 1. The first-order valence-electron chi connectivity index (χ1n) is 4.56. The van der Waals surface area contributed by atoms with Crippen molar-refractivity contribution in [3.63, 3.8) is 0 Å². The lowest BCUT2D eigenvalue weighted by atomic mass is 10.1. The summed E-state index contributed by atoms with van der Waals surface area (Å²) in [4.78, 5) is 20.7. The van der Waals surface area contributed by atoms with E-state index in [0.717, 1.165) is 0 Å². The molecule has 0 spiro atoms. The van der Waals surface area contributed by atoms with Crippen LogP contribution in [0.4, 0.5) is 5.69 Å². The zero-order valence-electron chi connectivity index (χ0n) is 8.93. The second-order valence-electron chi connectivity index (χ2n) is 3.17. The molecule has 16 heavy (non-hydrogen) atoms. The number of hydrogen-bond donors (Lipinski definition) is 1. The molecular weight excluding hydrogens is 210 g/mol. The number of nitrogens with zero attached hydrogens (tertiary/aromatic N) is 2. The lowest BCUT2D eigenvalue weighted by Crippen LogP contribution is -2.15. The van der Waals surface area contributed by atoms with Crippen LogP contribution in [-0.4, -0.2) is 16.5 Å². The highest BCUT2D eigenvalue weighted by atomic mass is 16.6. The minimum atomic E-state index is -0.477. The lowest BCUT2D eigenvalue weighted by Gasteiger charge is -2.00. The van der Waals surface area contributed by atoms with Gasteiger partial charge in [0, 0.05) is 24.6 Å². The molecule has 0 saturated heterocycles. The van der Waals surface area contributed by atoms with Crippen molar-refractivity contribution in [2.45, 2.75) is 13.8 Å². The minimum Gasteiger partial charge on any atom is -0.274 e. The average Bonchev–Trinajstić information content (AvgIpc) is 2.26. The van der Waals surface area contributed by atoms with Crippen molar-refractivity contribution in [3.05, 3.63) is 39.9 Å². The molecule has 0 fully saturated rings. The standard InChI is InChI=1S/C10H11N3O3/c1-7(11-12-8(2)14)9-4-3-5-10(6-9)13(15)16/h3-6H,1-2H3,(H,12,14)/b11-7+. The summed E-state index contributed by atoms with van der Waals surface area (Å²) in [6.07, 6.45) is 0. The number of amides is 1. The molecule has 1 rings (SSSR count). The van der Waals surface area contributed by atoms with Crippen LogP contribution in [0.25, 0.3) is 0 Å². The van der Waals surface area contributed by atoms with Crippen molar-refractivity contribution in [1.29, 1.82) is 0 Å². The molecular formula is C10H11N3O3. The molecule has 0 aliphatic rings. The maximum atomic E-state index is 10.6. The Hall–Kier alpha value is -2.24. The van der Waals surface area contributed by atoms with Crippen LogP contribution in [0.2, 0.25) is 0 Å². The summed E-state index contributed by atoms with van der Waals surface area (Å²) < 4.78 is 0. The molecule has 0 atom stereocenters. The fourth-order valence-electron chi connectivity index (χ4n) is 1.07. The molecule has 0 bridgehead atoms. The van der Waals surface area contributed by atoms with Gasteiger partial charge >= 0.3 is 0 Å². The van der Waals surface area contributed by atoms with Crippen molar-refractivity contribution in [1.82, 2.24) is 5.43 Å². The molecule has 84 valence electrons. The van der Waals surface area contributed by atoms with Gasteiger partial charge in [0.1, 0.15) is 0 Å². The van der Waals surface area contributed by atoms with Crippen LogP contribution in [0.3, 0.4) is 0 Å². The third kappa shape index (κ3) is 3.16. The summed E-state index contributed by atoms with van der Waals surface area (Å²) in [7, 11) is 0. The van der Waals surface area contributed by atoms with Crippen LogP contribution >= 0.6 is 0 Å². The molecule has 0 heterocycles. The van der Waals surface area contributed by atoms with E-state index in [1.807, 2.05) is 0 Å². The first kappa shape index (κ1) is 11.8. The molecule has 1 aromatic carbocycles. The van der Waals surface area contributed by atoms with Crippen molar-refractivity contribution < 1.29 is 9.72 Å². The van der Waals surface area contributed by atoms with E-state index in [4.69, 9.17) is 0 Å². The Labute approximate surface area is 92.1 Å². The van der Waals surface area contributed by atoms with Crippen molar-refractivity contribution in [2.24, 2.45) is 5.10 Å². The third-order valence-corrected chi connectivity index (χ3v) is 1.86. The number of nitrogens with one attached hydrogen (secondary N) is 1. The second-order valence-corrected chi connectivity index (χ2v) is 3.17. The zero-order valence-corrected chi connectivity index (χ0v) is 8.93. The Balaban J connectivity index is 2.95. The number of nitro benzene ring substituents is 1. The fourth-order valence-corrected chi connectivity index (χ4v) is 1.07. The van der Waals surface area contributed by atoms with Crippen LogP contribution in [0.15, 0.2) is 29.4 Å². The predicted molar refractivity (Wildman–Crippen MR) is 59.1 cm³/mol. The maximum Gasteiger partial charge on any atom is 0.270 e. The average molecular weight is 221 g/mol. The van der Waals surface area contributed by atoms with Crippen LogP contribution < -0.4 is 5.43 Å². The van der Waals surface area contributed by atoms with E-state index in [1.54, 1.807) is 19.1 Å². The lowest BCUT2D eigenvalue weighted by molar-refractivity contribution is -0.384. The smallest absolute Gasteiger partial charge is 0.270 e. The second kappa shape index (κ2) is 5.01. The summed E-state index contributed by atoms with van der Waals surface area (Å²) in [5.74, 6) is -0.287. The van der Waals surface area contributed by atoms with Gasteiger partial charge in [0.05, 0.1) is 10.6 Å². The van der Waals surface area contributed by atoms with Gasteiger partial charge in [-0.15, -0.1) is 0 Å². The summed E-state index contributed by atoms with van der Waals surface area (Å²) >= 11 is 0. The van der Waals surface area contributed by atoms with Crippen molar-refractivity contribution in [2.75, 3.05) is 0 Å². The first-order valence-corrected chi connectivity index (χ1v) is 4.56. The monoisotopic (exact) mass is 221 g/mol. The minimum absolute atomic E-state index is 0.00475. The van der Waals surface area contributed by atoms with Gasteiger partial charge in [0.2, 0.25) is 5.91 Å². The molecule has 0 radical (unpaired) electrons. The molecule has 6 heteroatoms. The fraction of sp³-hybridized carbons (Fsp3) is 0.200. The van der Waals surface area contributed by atoms with Crippen LogP contribution in [-0.2, 0) is 4.79 Å². The Morgan fingerprint density at radius 1 is 1.44 bits per heavy atom. The Morgan fingerprint density at radius 2 is 2.12 bits per heavy atom. The number of nitro groups is 1. The third-order valence-electron chi connectivity index (χ3n) is 1.86. The van der Waals surface area contributed by atoms with Crippen LogP contribution in [0.5, 0.6) is 0 Å². The first-order chi connectivity index (χ1) is 7.50. The molecule has 6 nitrogen and oxygen atoms in total. The van der Waals surface area contributed by atoms with Gasteiger partial charge in [0.25, 0.3) is 5.69 Å². The maximum absolute atomic E-state index is 10.6. The van der Waals surface area contributed by atoms with E-state index in [0.29, 0.717) is 11.3 Å². The number of hydrazone groups is 1. The summed E-state index contributed by atoms with van der Waals surface area (Å²) in [6, 6.07) is 6.06. The van der Waals surface area contributed by atoms with Gasteiger partial charge in [-0.3, -0.25) is 14.9 Å². The van der Waals surface area contributed by atoms with Gasteiger partial charge in [-0.05, 0) is 6.92 Å². The normalized spacial score (nSPS) is 11.0. The molecule has 1 N–H and O–H groups in total. The molecule has 0 aromatic heterocycles. The molecule has 0 unspecified atom stereocenters. The molecule has 1 aromatic rings. The van der Waals surface area contributed by atoms with E-state index in [2.05, 4.69) is 10.5 Å². The van der Waals surface area contributed by atoms with E-state index >= 15 is 0 Å². The van der Waals surface area contributed by atoms with Crippen molar-refractivity contribution >= 4 is 17.3 Å². The van der Waals surface area contributed by atoms with E-state index in [1.165, 1.54) is 19.1 Å². The van der Waals surface area contributed by atoms with Gasteiger partial charge in [-0.25, -0.2) is 5.43 Å². The molecule has 0 saturated carbocycles. The van der Waals surface area contributed by atoms with Gasteiger partial charge in [0.15, 0.2) is 0 Å². The van der Waals surface area contributed by atoms with Crippen LogP contribution in [0.1, 0.15) is 19.4 Å². The van der Waals surface area contributed by atoms with Crippen molar-refractivity contribution in [3.8, 4) is 0 Å². The van der Waals surface area contributed by atoms with Crippen LogP contribution in [0, 0.1) is 10.1 Å². The number of hydrogen-bond acceptors (Lipinski definition) is 4. The van der Waals surface area contributed by atoms with Gasteiger partial charge < -0.3 is 0 Å². The number of rotatable bonds is 3. The topological polar surface area (TPSA) is 84.6 Å². The van der Waals surface area contributed by atoms with E-state index < -0.39 is 4.92 Å². The van der Waals surface area contributed by atoms with E-state index in [-0.39, 0.29) is 11.6 Å². The number of carbonyl (C=O) groups excluding carboxylic acids is 1. The molecule has 0 aliphatic carbocycles. The van der Waals surface area contributed by atoms with Gasteiger partial charge in [-0.1, -0.05) is 12.1 Å². The molecule has 0 aliphatic heterocycles. The Kier molecular flexibility index (Phi) is 3.71. The highest BCUT2D eigenvalue weighted by Crippen LogP contribution is 2.13. The number of non-ortho nitro benzene ring substituents is 1. The summed E-state index contributed by atoms with van der Waals surface area (Å²) in [5, 5.41) is 14.3.